The lowest BCUT2D eigenvalue weighted by Crippen LogP contribution is -2.30. The minimum absolute atomic E-state index is 0.115. The summed E-state index contributed by atoms with van der Waals surface area (Å²) in [6, 6.07) is 10.4. The van der Waals surface area contributed by atoms with E-state index >= 15 is 0 Å². The van der Waals surface area contributed by atoms with Crippen LogP contribution in [0.5, 0.6) is 0 Å². The Morgan fingerprint density at radius 2 is 1.96 bits per heavy atom. The van der Waals surface area contributed by atoms with Crippen molar-refractivity contribution in [1.29, 1.82) is 0 Å². The second-order valence-electron chi connectivity index (χ2n) is 6.66. The first kappa shape index (κ1) is 17.2. The van der Waals surface area contributed by atoms with Crippen LogP contribution in [0.15, 0.2) is 53.6 Å². The molecule has 1 aliphatic rings. The van der Waals surface area contributed by atoms with E-state index in [0.29, 0.717) is 12.2 Å². The molecule has 1 fully saturated rings. The topological polar surface area (TPSA) is 79.6 Å². The molecule has 4 rings (SSSR count). The third-order valence-corrected chi connectivity index (χ3v) is 4.75. The van der Waals surface area contributed by atoms with Gasteiger partial charge in [0.25, 0.3) is 11.5 Å². The van der Waals surface area contributed by atoms with Crippen LogP contribution >= 0.6 is 0 Å². The summed E-state index contributed by atoms with van der Waals surface area (Å²) in [5.74, 6) is 0.604. The normalized spacial score (nSPS) is 14.3. The van der Waals surface area contributed by atoms with Gasteiger partial charge in [-0.15, -0.1) is 0 Å². The molecule has 7 heteroatoms. The minimum Gasteiger partial charge on any atom is -0.357 e. The highest BCUT2D eigenvalue weighted by atomic mass is 16.2. The lowest BCUT2D eigenvalue weighted by Gasteiger charge is -2.27. The SMILES string of the molecule is O=C(NCc1ccc(N2CCCCC2)nc1)c1cc(=O)n2ccccc2n1. The summed E-state index contributed by atoms with van der Waals surface area (Å²) < 4.78 is 1.40. The summed E-state index contributed by atoms with van der Waals surface area (Å²) in [5, 5.41) is 2.80. The maximum absolute atomic E-state index is 12.4. The average Bonchev–Trinajstić information content (AvgIpc) is 2.73. The molecule has 7 nitrogen and oxygen atoms in total. The summed E-state index contributed by atoms with van der Waals surface area (Å²) in [5.41, 5.74) is 1.19. The van der Waals surface area contributed by atoms with Crippen molar-refractivity contribution in [2.24, 2.45) is 0 Å². The first-order valence-corrected chi connectivity index (χ1v) is 9.17. The summed E-state index contributed by atoms with van der Waals surface area (Å²) in [6.07, 6.45) is 7.11. The van der Waals surface area contributed by atoms with Crippen LogP contribution in [-0.4, -0.2) is 33.4 Å². The zero-order valence-corrected chi connectivity index (χ0v) is 15.0. The highest BCUT2D eigenvalue weighted by Gasteiger charge is 2.13. The molecule has 0 aromatic carbocycles. The van der Waals surface area contributed by atoms with Crippen molar-refractivity contribution in [3.8, 4) is 0 Å². The predicted octanol–water partition coefficient (Wildman–Crippen LogP) is 2.01. The molecule has 1 aliphatic heterocycles. The van der Waals surface area contributed by atoms with Gasteiger partial charge in [-0.25, -0.2) is 9.97 Å². The molecule has 1 amide bonds. The zero-order chi connectivity index (χ0) is 18.6. The predicted molar refractivity (Wildman–Crippen MR) is 103 cm³/mol. The van der Waals surface area contributed by atoms with Crippen molar-refractivity contribution < 1.29 is 4.79 Å². The van der Waals surface area contributed by atoms with Gasteiger partial charge >= 0.3 is 0 Å². The van der Waals surface area contributed by atoms with E-state index in [1.54, 1.807) is 30.6 Å². The summed E-state index contributed by atoms with van der Waals surface area (Å²) in [4.78, 5) is 35.5. The number of rotatable bonds is 4. The van der Waals surface area contributed by atoms with Gasteiger partial charge in [0.2, 0.25) is 0 Å². The van der Waals surface area contributed by atoms with Gasteiger partial charge in [0.15, 0.2) is 0 Å². The molecule has 0 saturated carbocycles. The molecule has 1 N–H and O–H groups in total. The van der Waals surface area contributed by atoms with E-state index < -0.39 is 0 Å². The Bertz CT molecular complexity index is 1010. The molecule has 4 heterocycles. The van der Waals surface area contributed by atoms with E-state index in [9.17, 15) is 9.59 Å². The molecule has 0 radical (unpaired) electrons. The zero-order valence-electron chi connectivity index (χ0n) is 15.0. The van der Waals surface area contributed by atoms with Crippen LogP contribution in [0.2, 0.25) is 0 Å². The maximum atomic E-state index is 12.4. The van der Waals surface area contributed by atoms with E-state index in [0.717, 1.165) is 24.5 Å². The number of carbonyl (C=O) groups is 1. The first-order valence-electron chi connectivity index (χ1n) is 9.17. The summed E-state index contributed by atoms with van der Waals surface area (Å²) in [6.45, 7) is 2.43. The standard InChI is InChI=1S/C20H21N5O2/c26-19-12-16(23-18-6-2-5-11-25(18)19)20(27)22-14-15-7-8-17(21-13-15)24-9-3-1-4-10-24/h2,5-8,11-13H,1,3-4,9-10,14H2,(H,22,27). The largest absolute Gasteiger partial charge is 0.357 e. The lowest BCUT2D eigenvalue weighted by atomic mass is 10.1. The van der Waals surface area contributed by atoms with Crippen LogP contribution in [0.4, 0.5) is 5.82 Å². The Morgan fingerprint density at radius 3 is 2.74 bits per heavy atom. The molecule has 0 atom stereocenters. The number of amides is 1. The summed E-state index contributed by atoms with van der Waals surface area (Å²) in [7, 11) is 0. The summed E-state index contributed by atoms with van der Waals surface area (Å²) >= 11 is 0. The second kappa shape index (κ2) is 7.57. The Hall–Kier alpha value is -3.22. The van der Waals surface area contributed by atoms with Crippen LogP contribution in [0.25, 0.3) is 5.65 Å². The van der Waals surface area contributed by atoms with Crippen LogP contribution in [0.1, 0.15) is 35.3 Å². The quantitative estimate of drug-likeness (QED) is 0.767. The monoisotopic (exact) mass is 363 g/mol. The number of piperidine rings is 1. The van der Waals surface area contributed by atoms with Crippen LogP contribution in [-0.2, 0) is 6.54 Å². The van der Waals surface area contributed by atoms with Crippen LogP contribution in [0.3, 0.4) is 0 Å². The number of nitrogens with zero attached hydrogens (tertiary/aromatic N) is 4. The van der Waals surface area contributed by atoms with E-state index in [1.807, 2.05) is 12.1 Å². The average molecular weight is 363 g/mol. The third kappa shape index (κ3) is 3.81. The van der Waals surface area contributed by atoms with Gasteiger partial charge in [-0.1, -0.05) is 12.1 Å². The van der Waals surface area contributed by atoms with Gasteiger partial charge in [0, 0.05) is 38.1 Å². The fraction of sp³-hybridized carbons (Fsp3) is 0.300. The van der Waals surface area contributed by atoms with Crippen LogP contribution < -0.4 is 15.8 Å². The van der Waals surface area contributed by atoms with E-state index in [4.69, 9.17) is 0 Å². The van der Waals surface area contributed by atoms with Crippen molar-refractivity contribution in [2.45, 2.75) is 25.8 Å². The Labute approximate surface area is 156 Å². The molecule has 0 unspecified atom stereocenters. The molecule has 0 aliphatic carbocycles. The maximum Gasteiger partial charge on any atom is 0.270 e. The Morgan fingerprint density at radius 1 is 1.11 bits per heavy atom. The number of fused-ring (bicyclic) bond motifs is 1. The van der Waals surface area contributed by atoms with Crippen molar-refractivity contribution in [1.82, 2.24) is 19.7 Å². The molecule has 27 heavy (non-hydrogen) atoms. The lowest BCUT2D eigenvalue weighted by molar-refractivity contribution is 0.0946. The van der Waals surface area contributed by atoms with Gasteiger partial charge < -0.3 is 10.2 Å². The molecule has 0 bridgehead atoms. The fourth-order valence-electron chi connectivity index (χ4n) is 3.27. The number of pyridine rings is 2. The molecule has 0 spiro atoms. The van der Waals surface area contributed by atoms with Crippen molar-refractivity contribution in [3.63, 3.8) is 0 Å². The highest BCUT2D eigenvalue weighted by molar-refractivity contribution is 5.92. The van der Waals surface area contributed by atoms with E-state index in [1.165, 1.54) is 29.7 Å². The number of carbonyl (C=O) groups excluding carboxylic acids is 1. The van der Waals surface area contributed by atoms with Crippen molar-refractivity contribution in [2.75, 3.05) is 18.0 Å². The Kier molecular flexibility index (Phi) is 4.82. The third-order valence-electron chi connectivity index (χ3n) is 4.75. The first-order chi connectivity index (χ1) is 13.2. The molecule has 3 aromatic heterocycles. The second-order valence-corrected chi connectivity index (χ2v) is 6.66. The number of hydrogen-bond acceptors (Lipinski definition) is 5. The van der Waals surface area contributed by atoms with E-state index in [-0.39, 0.29) is 17.2 Å². The Balaban J connectivity index is 1.42. The van der Waals surface area contributed by atoms with Crippen molar-refractivity contribution in [3.05, 3.63) is 70.4 Å². The van der Waals surface area contributed by atoms with Gasteiger partial charge in [-0.2, -0.15) is 0 Å². The molecular weight excluding hydrogens is 342 g/mol. The van der Waals surface area contributed by atoms with Gasteiger partial charge in [-0.05, 0) is 43.0 Å². The smallest absolute Gasteiger partial charge is 0.270 e. The van der Waals surface area contributed by atoms with E-state index in [2.05, 4.69) is 20.2 Å². The molecular formula is C20H21N5O2. The minimum atomic E-state index is -0.376. The number of nitrogens with one attached hydrogen (secondary N) is 1. The molecule has 3 aromatic rings. The van der Waals surface area contributed by atoms with Gasteiger partial charge in [-0.3, -0.25) is 14.0 Å². The number of anilines is 1. The highest BCUT2D eigenvalue weighted by Crippen LogP contribution is 2.17. The number of aromatic nitrogens is 3. The number of hydrogen-bond donors (Lipinski definition) is 1. The molecule has 1 saturated heterocycles. The molecule has 138 valence electrons. The van der Waals surface area contributed by atoms with Crippen molar-refractivity contribution >= 4 is 17.4 Å². The van der Waals surface area contributed by atoms with Crippen LogP contribution in [0, 0.1) is 0 Å². The fourth-order valence-corrected chi connectivity index (χ4v) is 3.27. The van der Waals surface area contributed by atoms with Gasteiger partial charge in [0.1, 0.15) is 17.2 Å². The van der Waals surface area contributed by atoms with Gasteiger partial charge in [0.05, 0.1) is 0 Å².